The highest BCUT2D eigenvalue weighted by atomic mass is 16.5. The number of para-hydroxylation sites is 1. The van der Waals surface area contributed by atoms with Crippen molar-refractivity contribution < 1.29 is 19.1 Å². The molecule has 0 amide bonds. The van der Waals surface area contributed by atoms with Crippen LogP contribution in [-0.4, -0.2) is 16.1 Å². The summed E-state index contributed by atoms with van der Waals surface area (Å²) < 4.78 is 11.0. The van der Waals surface area contributed by atoms with Crippen molar-refractivity contribution in [2.45, 2.75) is 13.2 Å². The third kappa shape index (κ3) is 2.78. The Kier molecular flexibility index (Phi) is 3.66. The number of hydrogen-bond donors (Lipinski definition) is 1. The number of aromatic nitrogens is 1. The topological polar surface area (TPSA) is 72.6 Å². The molecule has 0 spiro atoms. The van der Waals surface area contributed by atoms with Crippen LogP contribution < -0.4 is 0 Å². The highest BCUT2D eigenvalue weighted by Gasteiger charge is 2.19. The van der Waals surface area contributed by atoms with Crippen molar-refractivity contribution in [1.29, 1.82) is 0 Å². The zero-order valence-electron chi connectivity index (χ0n) is 11.2. The van der Waals surface area contributed by atoms with E-state index in [2.05, 4.69) is 4.98 Å². The van der Waals surface area contributed by atoms with E-state index in [-0.39, 0.29) is 12.4 Å². The molecule has 1 N–H and O–H groups in total. The van der Waals surface area contributed by atoms with Crippen molar-refractivity contribution in [3.05, 3.63) is 65.7 Å². The number of ether oxygens (including phenoxy) is 1. The second-order valence-electron chi connectivity index (χ2n) is 4.56. The number of aromatic carboxylic acids is 1. The van der Waals surface area contributed by atoms with Crippen LogP contribution in [0.4, 0.5) is 0 Å². The summed E-state index contributed by atoms with van der Waals surface area (Å²) in [5, 5.41) is 9.99. The van der Waals surface area contributed by atoms with Gasteiger partial charge in [-0.2, -0.15) is 0 Å². The molecule has 0 saturated carbocycles. The predicted molar refractivity (Wildman–Crippen MR) is 75.9 cm³/mol. The van der Waals surface area contributed by atoms with Crippen molar-refractivity contribution in [3.63, 3.8) is 0 Å². The highest BCUT2D eigenvalue weighted by molar-refractivity contribution is 5.94. The van der Waals surface area contributed by atoms with Crippen LogP contribution in [0.15, 0.2) is 53.2 Å². The number of hydrogen-bond acceptors (Lipinski definition) is 4. The molecule has 3 aromatic rings. The molecule has 0 saturated heterocycles. The lowest BCUT2D eigenvalue weighted by Gasteiger charge is -2.04. The SMILES string of the molecule is O=C(O)c1oc2ccccc2c1COCc1ccncc1. The van der Waals surface area contributed by atoms with Gasteiger partial charge in [-0.1, -0.05) is 18.2 Å². The number of fused-ring (bicyclic) bond motifs is 1. The maximum absolute atomic E-state index is 11.3. The molecule has 0 aliphatic heterocycles. The number of carbonyl (C=O) groups is 1. The molecule has 0 atom stereocenters. The first-order valence-corrected chi connectivity index (χ1v) is 6.46. The van der Waals surface area contributed by atoms with Gasteiger partial charge in [-0.25, -0.2) is 4.79 Å². The average molecular weight is 283 g/mol. The van der Waals surface area contributed by atoms with E-state index in [0.29, 0.717) is 17.8 Å². The van der Waals surface area contributed by atoms with E-state index in [4.69, 9.17) is 9.15 Å². The third-order valence-electron chi connectivity index (χ3n) is 3.16. The smallest absolute Gasteiger partial charge is 0.372 e. The van der Waals surface area contributed by atoms with E-state index in [1.807, 2.05) is 24.3 Å². The number of pyridine rings is 1. The maximum atomic E-state index is 11.3. The quantitative estimate of drug-likeness (QED) is 0.778. The molecular weight excluding hydrogens is 270 g/mol. The predicted octanol–water partition coefficient (Wildman–Crippen LogP) is 3.24. The van der Waals surface area contributed by atoms with Gasteiger partial charge in [0.2, 0.25) is 5.76 Å². The van der Waals surface area contributed by atoms with Crippen LogP contribution in [0.5, 0.6) is 0 Å². The maximum Gasteiger partial charge on any atom is 0.372 e. The van der Waals surface area contributed by atoms with E-state index in [1.54, 1.807) is 24.5 Å². The molecule has 0 unspecified atom stereocenters. The second kappa shape index (κ2) is 5.76. The van der Waals surface area contributed by atoms with Crippen LogP contribution in [0, 0.1) is 0 Å². The van der Waals surface area contributed by atoms with Gasteiger partial charge >= 0.3 is 5.97 Å². The molecule has 0 bridgehead atoms. The van der Waals surface area contributed by atoms with Crippen LogP contribution in [0.25, 0.3) is 11.0 Å². The van der Waals surface area contributed by atoms with Crippen LogP contribution in [0.3, 0.4) is 0 Å². The van der Waals surface area contributed by atoms with Crippen LogP contribution >= 0.6 is 0 Å². The first kappa shape index (κ1) is 13.3. The summed E-state index contributed by atoms with van der Waals surface area (Å²) in [7, 11) is 0. The highest BCUT2D eigenvalue weighted by Crippen LogP contribution is 2.26. The van der Waals surface area contributed by atoms with E-state index >= 15 is 0 Å². The van der Waals surface area contributed by atoms with Crippen molar-refractivity contribution in [3.8, 4) is 0 Å². The largest absolute Gasteiger partial charge is 0.475 e. The minimum Gasteiger partial charge on any atom is -0.475 e. The molecule has 1 aromatic carbocycles. The fourth-order valence-electron chi connectivity index (χ4n) is 2.16. The minimum atomic E-state index is -1.09. The Hall–Kier alpha value is -2.66. The lowest BCUT2D eigenvalue weighted by atomic mass is 10.1. The van der Waals surface area contributed by atoms with Crippen LogP contribution in [0.1, 0.15) is 21.7 Å². The van der Waals surface area contributed by atoms with Gasteiger partial charge < -0.3 is 14.3 Å². The zero-order chi connectivity index (χ0) is 14.7. The van der Waals surface area contributed by atoms with Crippen molar-refractivity contribution in [2.75, 3.05) is 0 Å². The Labute approximate surface area is 120 Å². The molecule has 3 rings (SSSR count). The van der Waals surface area contributed by atoms with Gasteiger partial charge in [-0.3, -0.25) is 4.98 Å². The Morgan fingerprint density at radius 2 is 1.90 bits per heavy atom. The van der Waals surface area contributed by atoms with Gasteiger partial charge in [0.1, 0.15) is 5.58 Å². The lowest BCUT2D eigenvalue weighted by molar-refractivity contribution is 0.0649. The summed E-state index contributed by atoms with van der Waals surface area (Å²) in [6.07, 6.45) is 3.38. The summed E-state index contributed by atoms with van der Waals surface area (Å²) in [6.45, 7) is 0.571. The molecule has 2 heterocycles. The number of carboxylic acids is 1. The summed E-state index contributed by atoms with van der Waals surface area (Å²) in [5.74, 6) is -1.15. The molecule has 5 heteroatoms. The Bertz CT molecular complexity index is 764. The molecule has 106 valence electrons. The third-order valence-corrected chi connectivity index (χ3v) is 3.16. The van der Waals surface area contributed by atoms with Crippen LogP contribution in [0.2, 0.25) is 0 Å². The summed E-state index contributed by atoms with van der Waals surface area (Å²) in [6, 6.07) is 10.9. The fourth-order valence-corrected chi connectivity index (χ4v) is 2.16. The molecule has 0 radical (unpaired) electrons. The minimum absolute atomic E-state index is 0.0640. The molecule has 0 fully saturated rings. The zero-order valence-corrected chi connectivity index (χ0v) is 11.2. The number of carboxylic acid groups (broad SMARTS) is 1. The number of benzene rings is 1. The normalized spacial score (nSPS) is 10.9. The number of rotatable bonds is 5. The van der Waals surface area contributed by atoms with Gasteiger partial charge in [-0.05, 0) is 23.8 Å². The van der Waals surface area contributed by atoms with Gasteiger partial charge in [0.25, 0.3) is 0 Å². The Morgan fingerprint density at radius 3 is 2.67 bits per heavy atom. The van der Waals surface area contributed by atoms with E-state index < -0.39 is 5.97 Å². The Morgan fingerprint density at radius 1 is 1.14 bits per heavy atom. The molecule has 0 aliphatic carbocycles. The fraction of sp³-hybridized carbons (Fsp3) is 0.125. The molecular formula is C16H13NO4. The van der Waals surface area contributed by atoms with E-state index in [9.17, 15) is 9.90 Å². The standard InChI is InChI=1S/C16H13NO4/c18-16(19)15-13(12-3-1-2-4-14(12)21-15)10-20-9-11-5-7-17-8-6-11/h1-8H,9-10H2,(H,18,19). The summed E-state index contributed by atoms with van der Waals surface area (Å²) in [4.78, 5) is 15.2. The van der Waals surface area contributed by atoms with Crippen molar-refractivity contribution >= 4 is 16.9 Å². The molecule has 0 aliphatic rings. The van der Waals surface area contributed by atoms with Gasteiger partial charge in [0.05, 0.1) is 13.2 Å². The first-order chi connectivity index (χ1) is 10.3. The first-order valence-electron chi connectivity index (χ1n) is 6.46. The average Bonchev–Trinajstić information content (AvgIpc) is 2.88. The molecule has 21 heavy (non-hydrogen) atoms. The monoisotopic (exact) mass is 283 g/mol. The van der Waals surface area contributed by atoms with Gasteiger partial charge in [-0.15, -0.1) is 0 Å². The van der Waals surface area contributed by atoms with Crippen LogP contribution in [-0.2, 0) is 18.0 Å². The van der Waals surface area contributed by atoms with Crippen molar-refractivity contribution in [2.24, 2.45) is 0 Å². The Balaban J connectivity index is 1.82. The van der Waals surface area contributed by atoms with E-state index in [1.165, 1.54) is 0 Å². The van der Waals surface area contributed by atoms with Gasteiger partial charge in [0, 0.05) is 23.3 Å². The lowest BCUT2D eigenvalue weighted by Crippen LogP contribution is -2.01. The summed E-state index contributed by atoms with van der Waals surface area (Å²) >= 11 is 0. The van der Waals surface area contributed by atoms with Crippen molar-refractivity contribution in [1.82, 2.24) is 4.98 Å². The van der Waals surface area contributed by atoms with Gasteiger partial charge in [0.15, 0.2) is 0 Å². The molecule has 2 aromatic heterocycles. The number of furan rings is 1. The molecule has 5 nitrogen and oxygen atoms in total. The second-order valence-corrected chi connectivity index (χ2v) is 4.56. The number of nitrogens with zero attached hydrogens (tertiary/aromatic N) is 1. The van der Waals surface area contributed by atoms with E-state index in [0.717, 1.165) is 10.9 Å². The summed E-state index contributed by atoms with van der Waals surface area (Å²) in [5.41, 5.74) is 2.10.